The van der Waals surface area contributed by atoms with Crippen LogP contribution >= 0.6 is 24.0 Å². The molecule has 0 radical (unpaired) electrons. The van der Waals surface area contributed by atoms with Gasteiger partial charge in [0.05, 0.1) is 13.0 Å². The minimum Gasteiger partial charge on any atom is -0.469 e. The maximum absolute atomic E-state index is 12.0. The Hall–Kier alpha value is -0.770. The van der Waals surface area contributed by atoms with Gasteiger partial charge in [0, 0.05) is 11.1 Å². The largest absolute Gasteiger partial charge is 0.469 e. The maximum Gasteiger partial charge on any atom is 0.314 e. The molecule has 19 heavy (non-hydrogen) atoms. The van der Waals surface area contributed by atoms with E-state index in [1.807, 2.05) is 24.3 Å². The number of ether oxygens (including phenoxy) is 1. The van der Waals surface area contributed by atoms with Crippen LogP contribution in [0.5, 0.6) is 0 Å². The number of carbonyl (C=O) groups excluding carboxylic acids is 1. The third-order valence-corrected chi connectivity index (χ3v) is 3.69. The van der Waals surface area contributed by atoms with E-state index in [4.69, 9.17) is 16.3 Å². The Bertz CT molecular complexity index is 402. The van der Waals surface area contributed by atoms with E-state index in [-0.39, 0.29) is 30.3 Å². The van der Waals surface area contributed by atoms with Gasteiger partial charge in [-0.05, 0) is 37.1 Å². The first-order valence-corrected chi connectivity index (χ1v) is 6.67. The zero-order chi connectivity index (χ0) is 13.0. The highest BCUT2D eigenvalue weighted by atomic mass is 35.5. The summed E-state index contributed by atoms with van der Waals surface area (Å²) in [6.45, 7) is 0.964. The second-order valence-electron chi connectivity index (χ2n) is 4.61. The summed E-state index contributed by atoms with van der Waals surface area (Å²) in [5.41, 5.74) is 0.964. The minimum absolute atomic E-state index is 0. The molecule has 3 nitrogen and oxygen atoms in total. The number of carbonyl (C=O) groups is 1. The van der Waals surface area contributed by atoms with Gasteiger partial charge >= 0.3 is 5.97 Å². The van der Waals surface area contributed by atoms with E-state index < -0.39 is 0 Å². The van der Waals surface area contributed by atoms with Crippen LogP contribution in [-0.2, 0) is 9.53 Å². The number of hydrogen-bond donors (Lipinski definition) is 1. The van der Waals surface area contributed by atoms with Crippen LogP contribution in [0.2, 0.25) is 5.02 Å². The summed E-state index contributed by atoms with van der Waals surface area (Å²) in [4.78, 5) is 12.0. The number of piperidine rings is 1. The summed E-state index contributed by atoms with van der Waals surface area (Å²) in [6.07, 6.45) is 3.33. The summed E-state index contributed by atoms with van der Waals surface area (Å²) in [5, 5.41) is 4.09. The molecule has 0 aromatic heterocycles. The summed E-state index contributed by atoms with van der Waals surface area (Å²) in [5.74, 6) is -0.427. The summed E-state index contributed by atoms with van der Waals surface area (Å²) >= 11 is 5.88. The van der Waals surface area contributed by atoms with Crippen LogP contribution in [0.1, 0.15) is 30.7 Å². The smallest absolute Gasteiger partial charge is 0.314 e. The zero-order valence-electron chi connectivity index (χ0n) is 10.9. The lowest BCUT2D eigenvalue weighted by Crippen LogP contribution is -2.42. The van der Waals surface area contributed by atoms with Crippen molar-refractivity contribution in [2.45, 2.75) is 31.2 Å². The fraction of sp³-hybridized carbons (Fsp3) is 0.500. The molecule has 0 aliphatic carbocycles. The fourth-order valence-corrected chi connectivity index (χ4v) is 2.62. The molecule has 0 spiro atoms. The van der Waals surface area contributed by atoms with Crippen LogP contribution < -0.4 is 5.32 Å². The SMILES string of the molecule is COC(=O)[C@@H](c1ccc(Cl)cc1)[C@@H]1CCCCN1.Cl. The lowest BCUT2D eigenvalue weighted by molar-refractivity contribution is -0.143. The fourth-order valence-electron chi connectivity index (χ4n) is 2.49. The molecule has 1 fully saturated rings. The van der Waals surface area contributed by atoms with Crippen molar-refractivity contribution in [2.75, 3.05) is 13.7 Å². The maximum atomic E-state index is 12.0. The first-order valence-electron chi connectivity index (χ1n) is 6.29. The van der Waals surface area contributed by atoms with Gasteiger partial charge in [-0.1, -0.05) is 30.2 Å². The van der Waals surface area contributed by atoms with Gasteiger partial charge in [0.1, 0.15) is 0 Å². The van der Waals surface area contributed by atoms with Crippen LogP contribution in [0.15, 0.2) is 24.3 Å². The molecule has 0 amide bonds. The van der Waals surface area contributed by atoms with Gasteiger partial charge in [0.25, 0.3) is 0 Å². The lowest BCUT2D eigenvalue weighted by atomic mass is 9.86. The molecule has 2 rings (SSSR count). The quantitative estimate of drug-likeness (QED) is 0.872. The van der Waals surface area contributed by atoms with Gasteiger partial charge in [-0.3, -0.25) is 4.79 Å². The number of rotatable bonds is 3. The molecule has 0 unspecified atom stereocenters. The molecule has 1 heterocycles. The zero-order valence-corrected chi connectivity index (χ0v) is 12.5. The van der Waals surface area contributed by atoms with Crippen molar-refractivity contribution >= 4 is 30.0 Å². The van der Waals surface area contributed by atoms with Crippen molar-refractivity contribution in [1.82, 2.24) is 5.32 Å². The Morgan fingerprint density at radius 2 is 2.05 bits per heavy atom. The van der Waals surface area contributed by atoms with Gasteiger partial charge < -0.3 is 10.1 Å². The first kappa shape index (κ1) is 16.3. The molecule has 1 aliphatic rings. The number of methoxy groups -OCH3 is 1. The van der Waals surface area contributed by atoms with Crippen LogP contribution in [0.25, 0.3) is 0 Å². The monoisotopic (exact) mass is 303 g/mol. The Morgan fingerprint density at radius 1 is 1.37 bits per heavy atom. The van der Waals surface area contributed by atoms with Gasteiger partial charge in [-0.2, -0.15) is 0 Å². The number of nitrogens with one attached hydrogen (secondary N) is 1. The van der Waals surface area contributed by atoms with Crippen molar-refractivity contribution < 1.29 is 9.53 Å². The van der Waals surface area contributed by atoms with Crippen LogP contribution in [-0.4, -0.2) is 25.7 Å². The van der Waals surface area contributed by atoms with Gasteiger partial charge in [-0.15, -0.1) is 12.4 Å². The third kappa shape index (κ3) is 4.10. The van der Waals surface area contributed by atoms with Gasteiger partial charge in [-0.25, -0.2) is 0 Å². The van der Waals surface area contributed by atoms with E-state index >= 15 is 0 Å². The molecule has 5 heteroatoms. The average molecular weight is 304 g/mol. The highest BCUT2D eigenvalue weighted by Gasteiger charge is 2.31. The second-order valence-corrected chi connectivity index (χ2v) is 5.05. The Labute approximate surface area is 125 Å². The molecule has 106 valence electrons. The highest BCUT2D eigenvalue weighted by Crippen LogP contribution is 2.27. The normalized spacial score (nSPS) is 20.2. The molecule has 0 saturated carbocycles. The van der Waals surface area contributed by atoms with Crippen molar-refractivity contribution in [1.29, 1.82) is 0 Å². The second kappa shape index (κ2) is 7.73. The van der Waals surface area contributed by atoms with Gasteiger partial charge in [0.2, 0.25) is 0 Å². The van der Waals surface area contributed by atoms with Crippen LogP contribution in [0.4, 0.5) is 0 Å². The van der Waals surface area contributed by atoms with E-state index in [1.165, 1.54) is 13.5 Å². The van der Waals surface area contributed by atoms with Crippen LogP contribution in [0.3, 0.4) is 0 Å². The molecule has 0 bridgehead atoms. The molecule has 1 aliphatic heterocycles. The van der Waals surface area contributed by atoms with E-state index in [9.17, 15) is 4.79 Å². The van der Waals surface area contributed by atoms with E-state index in [0.29, 0.717) is 5.02 Å². The summed E-state index contributed by atoms with van der Waals surface area (Å²) in [7, 11) is 1.44. The number of esters is 1. The Balaban J connectivity index is 0.00000180. The van der Waals surface area contributed by atoms with E-state index in [2.05, 4.69) is 5.32 Å². The molecular formula is C14H19Cl2NO2. The number of benzene rings is 1. The minimum atomic E-state index is -0.243. The predicted octanol–water partition coefficient (Wildman–Crippen LogP) is 3.16. The average Bonchev–Trinajstić information content (AvgIpc) is 2.42. The third-order valence-electron chi connectivity index (χ3n) is 3.44. The Kier molecular flexibility index (Phi) is 6.63. The van der Waals surface area contributed by atoms with Crippen molar-refractivity contribution in [3.05, 3.63) is 34.9 Å². The number of hydrogen-bond acceptors (Lipinski definition) is 3. The Morgan fingerprint density at radius 3 is 2.58 bits per heavy atom. The van der Waals surface area contributed by atoms with Crippen molar-refractivity contribution in [2.24, 2.45) is 0 Å². The van der Waals surface area contributed by atoms with E-state index in [0.717, 1.165) is 24.9 Å². The first-order chi connectivity index (χ1) is 8.72. The topological polar surface area (TPSA) is 38.3 Å². The summed E-state index contributed by atoms with van der Waals surface area (Å²) < 4.78 is 4.94. The van der Waals surface area contributed by atoms with Gasteiger partial charge in [0.15, 0.2) is 0 Å². The standard InChI is InChI=1S/C14H18ClNO2.ClH/c1-18-14(17)13(12-4-2-3-9-16-12)10-5-7-11(15)8-6-10;/h5-8,12-13,16H,2-4,9H2,1H3;1H/t12-,13-;/m0./s1. The molecule has 2 atom stereocenters. The molecule has 1 aromatic rings. The molecule has 1 saturated heterocycles. The molecular weight excluding hydrogens is 285 g/mol. The van der Waals surface area contributed by atoms with Crippen molar-refractivity contribution in [3.8, 4) is 0 Å². The van der Waals surface area contributed by atoms with Crippen LogP contribution in [0, 0.1) is 0 Å². The van der Waals surface area contributed by atoms with E-state index in [1.54, 1.807) is 0 Å². The predicted molar refractivity (Wildman–Crippen MR) is 79.1 cm³/mol. The molecule has 1 aromatic carbocycles. The summed E-state index contributed by atoms with van der Waals surface area (Å²) in [6, 6.07) is 7.60. The number of halogens is 2. The lowest BCUT2D eigenvalue weighted by Gasteiger charge is -2.30. The highest BCUT2D eigenvalue weighted by molar-refractivity contribution is 6.30. The van der Waals surface area contributed by atoms with Crippen molar-refractivity contribution in [3.63, 3.8) is 0 Å². The molecule has 1 N–H and O–H groups in total.